The smallest absolute Gasteiger partial charge is 0.337 e. The molecule has 7 nitrogen and oxygen atoms in total. The van der Waals surface area contributed by atoms with Crippen LogP contribution in [0.3, 0.4) is 0 Å². The predicted octanol–water partition coefficient (Wildman–Crippen LogP) is 2.80. The van der Waals surface area contributed by atoms with E-state index >= 15 is 0 Å². The number of nitrogens with one attached hydrogen (secondary N) is 1. The highest BCUT2D eigenvalue weighted by atomic mass is 32.2. The molecule has 0 heterocycles. The minimum atomic E-state index is -3.67. The standard InChI is InChI=1S/C20H24N2O5S/c1-13-10-14(2)19(15(3)11-13)22(28(5,25)26)12-18(23)21-17-8-6-16(7-9-17)20(24)27-4/h6-11H,12H2,1-5H3,(H,21,23). The molecule has 150 valence electrons. The number of hydrogen-bond acceptors (Lipinski definition) is 5. The summed E-state index contributed by atoms with van der Waals surface area (Å²) in [6.07, 6.45) is 1.07. The van der Waals surface area contributed by atoms with Crippen LogP contribution < -0.4 is 9.62 Å². The molecular weight excluding hydrogens is 380 g/mol. The first kappa shape index (κ1) is 21.4. The lowest BCUT2D eigenvalue weighted by Crippen LogP contribution is -2.38. The zero-order chi connectivity index (χ0) is 21.1. The highest BCUT2D eigenvalue weighted by molar-refractivity contribution is 7.92. The normalized spacial score (nSPS) is 11.0. The topological polar surface area (TPSA) is 92.8 Å². The Balaban J connectivity index is 2.24. The van der Waals surface area contributed by atoms with Crippen LogP contribution in [0.25, 0.3) is 0 Å². The number of rotatable bonds is 6. The lowest BCUT2D eigenvalue weighted by atomic mass is 10.1. The number of anilines is 2. The molecule has 0 aliphatic heterocycles. The molecule has 0 aromatic heterocycles. The van der Waals surface area contributed by atoms with Crippen molar-refractivity contribution in [3.8, 4) is 0 Å². The fourth-order valence-corrected chi connectivity index (χ4v) is 4.04. The quantitative estimate of drug-likeness (QED) is 0.748. The number of carbonyl (C=O) groups is 2. The molecule has 0 unspecified atom stereocenters. The van der Waals surface area contributed by atoms with Crippen molar-refractivity contribution in [1.82, 2.24) is 0 Å². The van der Waals surface area contributed by atoms with Gasteiger partial charge in [0.25, 0.3) is 0 Å². The molecule has 0 radical (unpaired) electrons. The number of nitrogens with zero attached hydrogens (tertiary/aromatic N) is 1. The minimum absolute atomic E-state index is 0.351. The number of carbonyl (C=O) groups excluding carboxylic acids is 2. The van der Waals surface area contributed by atoms with Gasteiger partial charge in [-0.15, -0.1) is 0 Å². The number of ether oxygens (including phenoxy) is 1. The van der Waals surface area contributed by atoms with Gasteiger partial charge in [-0.2, -0.15) is 0 Å². The summed E-state index contributed by atoms with van der Waals surface area (Å²) in [7, 11) is -2.39. The minimum Gasteiger partial charge on any atom is -0.465 e. The lowest BCUT2D eigenvalue weighted by Gasteiger charge is -2.26. The summed E-state index contributed by atoms with van der Waals surface area (Å²) in [5.41, 5.74) is 3.87. The predicted molar refractivity (Wildman–Crippen MR) is 109 cm³/mol. The van der Waals surface area contributed by atoms with Gasteiger partial charge < -0.3 is 10.1 Å². The van der Waals surface area contributed by atoms with Crippen LogP contribution in [0.5, 0.6) is 0 Å². The van der Waals surface area contributed by atoms with Crippen LogP contribution >= 0.6 is 0 Å². The number of hydrogen-bond donors (Lipinski definition) is 1. The van der Waals surface area contributed by atoms with Gasteiger partial charge in [-0.1, -0.05) is 17.7 Å². The Bertz CT molecular complexity index is 975. The average Bonchev–Trinajstić information content (AvgIpc) is 2.59. The van der Waals surface area contributed by atoms with E-state index in [2.05, 4.69) is 10.1 Å². The fraction of sp³-hybridized carbons (Fsp3) is 0.300. The van der Waals surface area contributed by atoms with Crippen LogP contribution in [0, 0.1) is 20.8 Å². The van der Waals surface area contributed by atoms with Gasteiger partial charge in [-0.3, -0.25) is 9.10 Å². The van der Waals surface area contributed by atoms with E-state index in [1.807, 2.05) is 32.9 Å². The third kappa shape index (κ3) is 5.10. The van der Waals surface area contributed by atoms with Crippen LogP contribution in [-0.4, -0.2) is 40.2 Å². The van der Waals surface area contributed by atoms with E-state index in [-0.39, 0.29) is 6.54 Å². The Morgan fingerprint density at radius 1 is 1.04 bits per heavy atom. The largest absolute Gasteiger partial charge is 0.465 e. The highest BCUT2D eigenvalue weighted by Crippen LogP contribution is 2.28. The molecule has 0 spiro atoms. The molecule has 0 aliphatic rings. The molecule has 8 heteroatoms. The highest BCUT2D eigenvalue weighted by Gasteiger charge is 2.24. The zero-order valence-electron chi connectivity index (χ0n) is 16.6. The molecule has 28 heavy (non-hydrogen) atoms. The van der Waals surface area contributed by atoms with Gasteiger partial charge >= 0.3 is 5.97 Å². The van der Waals surface area contributed by atoms with E-state index in [1.54, 1.807) is 12.1 Å². The first-order valence-electron chi connectivity index (χ1n) is 8.56. The average molecular weight is 404 g/mol. The van der Waals surface area contributed by atoms with Gasteiger partial charge in [0.2, 0.25) is 15.9 Å². The van der Waals surface area contributed by atoms with Gasteiger partial charge in [-0.05, 0) is 56.2 Å². The number of benzene rings is 2. The summed E-state index contributed by atoms with van der Waals surface area (Å²) in [6, 6.07) is 9.90. The van der Waals surface area contributed by atoms with E-state index in [4.69, 9.17) is 0 Å². The number of sulfonamides is 1. The second-order valence-electron chi connectivity index (χ2n) is 6.63. The van der Waals surface area contributed by atoms with Crippen LogP contribution in [0.15, 0.2) is 36.4 Å². The van der Waals surface area contributed by atoms with Crippen LogP contribution in [-0.2, 0) is 19.6 Å². The number of esters is 1. The molecule has 2 aromatic carbocycles. The third-order valence-corrected chi connectivity index (χ3v) is 5.27. The van der Waals surface area contributed by atoms with Crippen molar-refractivity contribution >= 4 is 33.3 Å². The molecule has 0 saturated heterocycles. The number of methoxy groups -OCH3 is 1. The van der Waals surface area contributed by atoms with Crippen molar-refractivity contribution in [2.24, 2.45) is 0 Å². The second-order valence-corrected chi connectivity index (χ2v) is 8.54. The summed E-state index contributed by atoms with van der Waals surface area (Å²) in [5.74, 6) is -0.970. The summed E-state index contributed by atoms with van der Waals surface area (Å²) in [4.78, 5) is 24.0. The van der Waals surface area contributed by atoms with Crippen molar-refractivity contribution in [2.75, 3.05) is 29.5 Å². The summed E-state index contributed by atoms with van der Waals surface area (Å²) in [6.45, 7) is 5.20. The van der Waals surface area contributed by atoms with E-state index in [9.17, 15) is 18.0 Å². The van der Waals surface area contributed by atoms with Crippen LogP contribution in [0.4, 0.5) is 11.4 Å². The van der Waals surface area contributed by atoms with Crippen molar-refractivity contribution < 1.29 is 22.7 Å². The maximum Gasteiger partial charge on any atom is 0.337 e. The zero-order valence-corrected chi connectivity index (χ0v) is 17.4. The lowest BCUT2D eigenvalue weighted by molar-refractivity contribution is -0.114. The van der Waals surface area contributed by atoms with Gasteiger partial charge in [0.05, 0.1) is 24.6 Å². The van der Waals surface area contributed by atoms with Crippen molar-refractivity contribution in [3.63, 3.8) is 0 Å². The van der Waals surface area contributed by atoms with E-state index < -0.39 is 21.9 Å². The first-order valence-corrected chi connectivity index (χ1v) is 10.4. The number of aryl methyl sites for hydroxylation is 3. The molecule has 0 aliphatic carbocycles. The molecule has 2 rings (SSSR count). The van der Waals surface area contributed by atoms with Gasteiger partial charge in [0.1, 0.15) is 6.54 Å². The van der Waals surface area contributed by atoms with Gasteiger partial charge in [-0.25, -0.2) is 13.2 Å². The monoisotopic (exact) mass is 404 g/mol. The fourth-order valence-electron chi connectivity index (χ4n) is 3.07. The van der Waals surface area contributed by atoms with Gasteiger partial charge in [0, 0.05) is 5.69 Å². The van der Waals surface area contributed by atoms with Crippen LogP contribution in [0.1, 0.15) is 27.0 Å². The Morgan fingerprint density at radius 2 is 1.57 bits per heavy atom. The Labute approximate surface area is 165 Å². The molecular formula is C20H24N2O5S. The van der Waals surface area contributed by atoms with Crippen molar-refractivity contribution in [2.45, 2.75) is 20.8 Å². The molecule has 1 amide bonds. The maximum absolute atomic E-state index is 12.5. The molecule has 2 aromatic rings. The van der Waals surface area contributed by atoms with E-state index in [0.29, 0.717) is 16.9 Å². The van der Waals surface area contributed by atoms with E-state index in [1.165, 1.54) is 19.2 Å². The Morgan fingerprint density at radius 3 is 2.04 bits per heavy atom. The van der Waals surface area contributed by atoms with Crippen molar-refractivity contribution in [1.29, 1.82) is 0 Å². The molecule has 0 saturated carbocycles. The SMILES string of the molecule is COC(=O)c1ccc(NC(=O)CN(c2c(C)cc(C)cc2C)S(C)(=O)=O)cc1. The van der Waals surface area contributed by atoms with E-state index in [0.717, 1.165) is 27.3 Å². The molecule has 0 bridgehead atoms. The number of amides is 1. The van der Waals surface area contributed by atoms with Gasteiger partial charge in [0.15, 0.2) is 0 Å². The maximum atomic E-state index is 12.5. The first-order chi connectivity index (χ1) is 13.0. The third-order valence-electron chi connectivity index (χ3n) is 4.16. The van der Waals surface area contributed by atoms with Crippen LogP contribution in [0.2, 0.25) is 0 Å². The Kier molecular flexibility index (Phi) is 6.45. The molecule has 0 atom stereocenters. The second kappa shape index (κ2) is 8.43. The molecule has 1 N–H and O–H groups in total. The summed E-state index contributed by atoms with van der Waals surface area (Å²) < 4.78 is 30.4. The Hall–Kier alpha value is -2.87. The summed E-state index contributed by atoms with van der Waals surface area (Å²) >= 11 is 0. The van der Waals surface area contributed by atoms with Crippen molar-refractivity contribution in [3.05, 3.63) is 58.7 Å². The molecule has 0 fully saturated rings. The summed E-state index contributed by atoms with van der Waals surface area (Å²) in [5, 5.41) is 2.65.